The summed E-state index contributed by atoms with van der Waals surface area (Å²) in [5, 5.41) is 22.7. The number of nitrogens with zero attached hydrogens (tertiary/aromatic N) is 8. The van der Waals surface area contributed by atoms with Crippen molar-refractivity contribution in [1.82, 2.24) is 45.0 Å². The first kappa shape index (κ1) is 15.6. The predicted molar refractivity (Wildman–Crippen MR) is 87.2 cm³/mol. The van der Waals surface area contributed by atoms with Gasteiger partial charge >= 0.3 is 0 Å². The summed E-state index contributed by atoms with van der Waals surface area (Å²) in [4.78, 5) is 14.5. The van der Waals surface area contributed by atoms with Gasteiger partial charge in [-0.15, -0.1) is 15.3 Å². The number of hydrogen-bond acceptors (Lipinski definition) is 7. The van der Waals surface area contributed by atoms with Crippen LogP contribution in [-0.2, 0) is 24.4 Å². The predicted octanol–water partition coefficient (Wildman–Crippen LogP) is -0.372. The van der Waals surface area contributed by atoms with E-state index in [1.165, 1.54) is 12.8 Å². The smallest absolute Gasteiger partial charge is 0.242 e. The Kier molecular flexibility index (Phi) is 4.34. The van der Waals surface area contributed by atoms with Crippen LogP contribution in [0.15, 0.2) is 24.4 Å². The number of amides is 1. The Morgan fingerprint density at radius 2 is 2.00 bits per heavy atom. The molecule has 3 aromatic heterocycles. The lowest BCUT2D eigenvalue weighted by Crippen LogP contribution is -2.30. The first-order valence-electron chi connectivity index (χ1n) is 8.32. The highest BCUT2D eigenvalue weighted by Crippen LogP contribution is 2.10. The Balaban J connectivity index is 1.35. The van der Waals surface area contributed by atoms with Crippen molar-refractivity contribution in [2.24, 2.45) is 0 Å². The zero-order valence-electron chi connectivity index (χ0n) is 13.7. The number of carbonyl (C=O) groups is 1. The molecule has 0 radical (unpaired) electrons. The number of fused-ring (bicyclic) bond motifs is 1. The molecule has 1 aliphatic rings. The fourth-order valence-corrected chi connectivity index (χ4v) is 2.98. The molecule has 10 nitrogen and oxygen atoms in total. The van der Waals surface area contributed by atoms with Gasteiger partial charge in [0, 0.05) is 6.20 Å². The molecule has 0 spiro atoms. The van der Waals surface area contributed by atoms with E-state index in [2.05, 4.69) is 35.9 Å². The van der Waals surface area contributed by atoms with Gasteiger partial charge in [-0.1, -0.05) is 6.07 Å². The number of tetrazole rings is 1. The zero-order chi connectivity index (χ0) is 17.1. The first-order valence-corrected chi connectivity index (χ1v) is 8.32. The van der Waals surface area contributed by atoms with Crippen LogP contribution in [0.4, 0.5) is 0 Å². The zero-order valence-corrected chi connectivity index (χ0v) is 13.7. The average molecular weight is 341 g/mol. The number of pyridine rings is 1. The van der Waals surface area contributed by atoms with Crippen LogP contribution in [0.2, 0.25) is 0 Å². The van der Waals surface area contributed by atoms with Gasteiger partial charge in [0.2, 0.25) is 5.91 Å². The monoisotopic (exact) mass is 341 g/mol. The summed E-state index contributed by atoms with van der Waals surface area (Å²) in [7, 11) is 0. The molecule has 130 valence electrons. The van der Waals surface area contributed by atoms with Gasteiger partial charge in [0.1, 0.15) is 6.54 Å². The van der Waals surface area contributed by atoms with Crippen LogP contribution in [0.25, 0.3) is 5.65 Å². The van der Waals surface area contributed by atoms with Crippen molar-refractivity contribution >= 4 is 11.6 Å². The van der Waals surface area contributed by atoms with Crippen LogP contribution in [-0.4, -0.2) is 58.7 Å². The topological polar surface area (TPSA) is 106 Å². The molecule has 10 heteroatoms. The summed E-state index contributed by atoms with van der Waals surface area (Å²) in [6.45, 7) is 3.17. The minimum Gasteiger partial charge on any atom is -0.347 e. The fourth-order valence-electron chi connectivity index (χ4n) is 2.98. The van der Waals surface area contributed by atoms with E-state index in [-0.39, 0.29) is 12.5 Å². The van der Waals surface area contributed by atoms with E-state index >= 15 is 0 Å². The first-order chi connectivity index (χ1) is 12.3. The largest absolute Gasteiger partial charge is 0.347 e. The molecule has 1 fully saturated rings. The van der Waals surface area contributed by atoms with E-state index in [9.17, 15) is 4.79 Å². The van der Waals surface area contributed by atoms with Gasteiger partial charge in [-0.2, -0.15) is 0 Å². The fraction of sp³-hybridized carbons (Fsp3) is 0.467. The molecule has 0 aliphatic carbocycles. The molecule has 1 N–H and O–H groups in total. The number of hydrogen-bond donors (Lipinski definition) is 1. The highest BCUT2D eigenvalue weighted by molar-refractivity contribution is 5.75. The molecular formula is C15H19N9O. The molecule has 1 saturated heterocycles. The SMILES string of the molecule is O=C(Cn1nnnc1CN1CCCC1)NCc1nnc2ccccn12. The van der Waals surface area contributed by atoms with Crippen molar-refractivity contribution in [2.75, 3.05) is 13.1 Å². The second-order valence-electron chi connectivity index (χ2n) is 6.06. The van der Waals surface area contributed by atoms with Crippen LogP contribution < -0.4 is 5.32 Å². The van der Waals surface area contributed by atoms with Gasteiger partial charge in [-0.25, -0.2) is 4.68 Å². The lowest BCUT2D eigenvalue weighted by molar-refractivity contribution is -0.122. The lowest BCUT2D eigenvalue weighted by Gasteiger charge is -2.13. The van der Waals surface area contributed by atoms with Crippen LogP contribution in [0, 0.1) is 0 Å². The Bertz CT molecular complexity index is 865. The minimum absolute atomic E-state index is 0.0902. The van der Waals surface area contributed by atoms with Gasteiger partial charge in [-0.3, -0.25) is 14.1 Å². The van der Waals surface area contributed by atoms with Crippen molar-refractivity contribution in [1.29, 1.82) is 0 Å². The maximum Gasteiger partial charge on any atom is 0.242 e. The number of carbonyl (C=O) groups excluding carboxylic acids is 1. The Labute approximate surface area is 143 Å². The maximum absolute atomic E-state index is 12.2. The number of aromatic nitrogens is 7. The third-order valence-electron chi connectivity index (χ3n) is 4.29. The third-order valence-corrected chi connectivity index (χ3v) is 4.29. The van der Waals surface area contributed by atoms with Gasteiger partial charge in [0.25, 0.3) is 0 Å². The molecule has 1 aliphatic heterocycles. The molecule has 0 saturated carbocycles. The summed E-state index contributed by atoms with van der Waals surface area (Å²) >= 11 is 0. The van der Waals surface area contributed by atoms with E-state index in [0.717, 1.165) is 18.7 Å². The second kappa shape index (κ2) is 6.93. The Morgan fingerprint density at radius 3 is 2.88 bits per heavy atom. The molecule has 1 amide bonds. The van der Waals surface area contributed by atoms with E-state index in [4.69, 9.17) is 0 Å². The van der Waals surface area contributed by atoms with Crippen molar-refractivity contribution in [3.05, 3.63) is 36.0 Å². The number of likely N-dealkylation sites (tertiary alicyclic amines) is 1. The Hall–Kier alpha value is -2.88. The molecule has 4 heterocycles. The van der Waals surface area contributed by atoms with Crippen LogP contribution in [0.3, 0.4) is 0 Å². The lowest BCUT2D eigenvalue weighted by atomic mass is 10.4. The van der Waals surface area contributed by atoms with E-state index in [1.807, 2.05) is 28.8 Å². The highest BCUT2D eigenvalue weighted by atomic mass is 16.2. The highest BCUT2D eigenvalue weighted by Gasteiger charge is 2.17. The normalized spacial score (nSPS) is 15.0. The molecule has 0 aromatic carbocycles. The summed E-state index contributed by atoms with van der Waals surface area (Å²) in [5.41, 5.74) is 0.750. The van der Waals surface area contributed by atoms with Crippen molar-refractivity contribution in [3.63, 3.8) is 0 Å². The van der Waals surface area contributed by atoms with Gasteiger partial charge < -0.3 is 5.32 Å². The molecule has 3 aromatic rings. The van der Waals surface area contributed by atoms with Crippen LogP contribution in [0.1, 0.15) is 24.5 Å². The van der Waals surface area contributed by atoms with Crippen molar-refractivity contribution in [3.8, 4) is 0 Å². The maximum atomic E-state index is 12.2. The standard InChI is InChI=1S/C15H19N9O/c25-15(16-9-13-18-17-12-5-1-2-8-23(12)13)11-24-14(19-20-21-24)10-22-6-3-4-7-22/h1-2,5,8H,3-4,6-7,9-11H2,(H,16,25). The quantitative estimate of drug-likeness (QED) is 0.652. The second-order valence-corrected chi connectivity index (χ2v) is 6.06. The number of rotatable bonds is 6. The van der Waals surface area contributed by atoms with Gasteiger partial charge in [-0.05, 0) is 48.5 Å². The molecular weight excluding hydrogens is 322 g/mol. The summed E-state index contributed by atoms with van der Waals surface area (Å²) < 4.78 is 3.39. The van der Waals surface area contributed by atoms with Crippen LogP contribution in [0.5, 0.6) is 0 Å². The summed E-state index contributed by atoms with van der Waals surface area (Å²) in [6, 6.07) is 5.66. The Morgan fingerprint density at radius 1 is 1.12 bits per heavy atom. The number of nitrogens with one attached hydrogen (secondary N) is 1. The van der Waals surface area contributed by atoms with Gasteiger partial charge in [0.15, 0.2) is 17.3 Å². The summed E-state index contributed by atoms with van der Waals surface area (Å²) in [5.74, 6) is 1.23. The average Bonchev–Trinajstić information content (AvgIpc) is 3.36. The minimum atomic E-state index is -0.164. The van der Waals surface area contributed by atoms with Crippen LogP contribution >= 0.6 is 0 Å². The van der Waals surface area contributed by atoms with Gasteiger partial charge in [0.05, 0.1) is 13.1 Å². The molecule has 0 bridgehead atoms. The van der Waals surface area contributed by atoms with E-state index < -0.39 is 0 Å². The molecule has 4 rings (SSSR count). The van der Waals surface area contributed by atoms with Crippen molar-refractivity contribution in [2.45, 2.75) is 32.5 Å². The molecule has 0 atom stereocenters. The molecule has 0 unspecified atom stereocenters. The third kappa shape index (κ3) is 3.48. The summed E-state index contributed by atoms with van der Waals surface area (Å²) in [6.07, 6.45) is 4.27. The molecule has 25 heavy (non-hydrogen) atoms. The van der Waals surface area contributed by atoms with Crippen molar-refractivity contribution < 1.29 is 4.79 Å². The van der Waals surface area contributed by atoms with E-state index in [0.29, 0.717) is 24.7 Å². The van der Waals surface area contributed by atoms with E-state index in [1.54, 1.807) is 4.68 Å².